The zero-order chi connectivity index (χ0) is 19.9. The molecule has 7 nitrogen and oxygen atoms in total. The summed E-state index contributed by atoms with van der Waals surface area (Å²) in [7, 11) is -3.33. The molecular weight excluding hydrogens is 378 g/mol. The quantitative estimate of drug-likeness (QED) is 0.660. The molecule has 2 aromatic carbocycles. The fraction of sp³-hybridized carbons (Fsp3) is 0.250. The predicted octanol–water partition coefficient (Wildman–Crippen LogP) is 2.83. The number of aromatic nitrogens is 1. The molecule has 8 heteroatoms. The van der Waals surface area contributed by atoms with Gasteiger partial charge in [-0.1, -0.05) is 18.2 Å². The van der Waals surface area contributed by atoms with Gasteiger partial charge in [0.15, 0.2) is 0 Å². The number of nitrogens with one attached hydrogen (secondary N) is 1. The molecule has 0 atom stereocenters. The number of nitrogens with zero attached hydrogens (tertiary/aromatic N) is 2. The van der Waals surface area contributed by atoms with Crippen LogP contribution in [-0.2, 0) is 21.4 Å². The number of anilines is 2. The number of carbonyl (C=O) groups is 1. The largest absolute Gasteiger partial charge is 0.506 e. The Bertz CT molecular complexity index is 1170. The van der Waals surface area contributed by atoms with E-state index in [0.717, 1.165) is 16.6 Å². The van der Waals surface area contributed by atoms with Crippen molar-refractivity contribution in [2.24, 2.45) is 0 Å². The molecule has 0 radical (unpaired) electrons. The van der Waals surface area contributed by atoms with Crippen LogP contribution in [0.4, 0.5) is 11.4 Å². The molecule has 1 saturated heterocycles. The average molecular weight is 399 g/mol. The van der Waals surface area contributed by atoms with Gasteiger partial charge in [-0.3, -0.25) is 9.10 Å². The number of amides is 1. The van der Waals surface area contributed by atoms with Crippen molar-refractivity contribution in [2.45, 2.75) is 19.9 Å². The lowest BCUT2D eigenvalue weighted by Crippen LogP contribution is -2.25. The van der Waals surface area contributed by atoms with E-state index in [1.54, 1.807) is 0 Å². The first kappa shape index (κ1) is 18.4. The molecule has 28 heavy (non-hydrogen) atoms. The first-order chi connectivity index (χ1) is 13.3. The normalized spacial score (nSPS) is 15.8. The van der Waals surface area contributed by atoms with E-state index in [1.165, 1.54) is 22.5 Å². The van der Waals surface area contributed by atoms with Crippen LogP contribution in [0.3, 0.4) is 0 Å². The summed E-state index contributed by atoms with van der Waals surface area (Å²) >= 11 is 0. The lowest BCUT2D eigenvalue weighted by atomic mass is 10.2. The van der Waals surface area contributed by atoms with E-state index in [0.29, 0.717) is 18.7 Å². The lowest BCUT2D eigenvalue weighted by molar-refractivity contribution is -0.116. The molecule has 0 spiro atoms. The minimum atomic E-state index is -3.33. The third-order valence-corrected chi connectivity index (χ3v) is 6.83. The van der Waals surface area contributed by atoms with Crippen molar-refractivity contribution in [2.75, 3.05) is 21.9 Å². The average Bonchev–Trinajstić information content (AvgIpc) is 3.16. The number of benzene rings is 2. The molecule has 2 N–H and O–H groups in total. The fourth-order valence-corrected chi connectivity index (χ4v) is 5.16. The summed E-state index contributed by atoms with van der Waals surface area (Å²) in [5.74, 6) is -0.306. The van der Waals surface area contributed by atoms with Crippen molar-refractivity contribution in [1.29, 1.82) is 0 Å². The van der Waals surface area contributed by atoms with Gasteiger partial charge in [-0.25, -0.2) is 8.42 Å². The zero-order valence-electron chi connectivity index (χ0n) is 15.4. The summed E-state index contributed by atoms with van der Waals surface area (Å²) in [4.78, 5) is 12.6. The summed E-state index contributed by atoms with van der Waals surface area (Å²) in [6.07, 6.45) is 0.560. The van der Waals surface area contributed by atoms with Crippen LogP contribution in [0.2, 0.25) is 0 Å². The van der Waals surface area contributed by atoms with Gasteiger partial charge in [0.1, 0.15) is 12.3 Å². The van der Waals surface area contributed by atoms with Crippen LogP contribution in [0, 0.1) is 6.92 Å². The van der Waals surface area contributed by atoms with E-state index in [4.69, 9.17) is 0 Å². The van der Waals surface area contributed by atoms with Crippen LogP contribution in [0.5, 0.6) is 5.75 Å². The van der Waals surface area contributed by atoms with Gasteiger partial charge in [-0.05, 0) is 49.1 Å². The molecular formula is C20H21N3O4S. The number of sulfonamides is 1. The van der Waals surface area contributed by atoms with Crippen molar-refractivity contribution in [3.8, 4) is 5.75 Å². The Balaban J connectivity index is 1.58. The Morgan fingerprint density at radius 2 is 1.96 bits per heavy atom. The number of carbonyl (C=O) groups excluding carboxylic acids is 1. The molecule has 0 unspecified atom stereocenters. The van der Waals surface area contributed by atoms with Gasteiger partial charge in [-0.2, -0.15) is 0 Å². The van der Waals surface area contributed by atoms with Gasteiger partial charge >= 0.3 is 0 Å². The van der Waals surface area contributed by atoms with Gasteiger partial charge < -0.3 is 15.0 Å². The van der Waals surface area contributed by atoms with Gasteiger partial charge in [0.2, 0.25) is 15.9 Å². The Morgan fingerprint density at radius 1 is 1.18 bits per heavy atom. The molecule has 0 bridgehead atoms. The Kier molecular flexibility index (Phi) is 4.50. The molecule has 1 aromatic heterocycles. The van der Waals surface area contributed by atoms with Crippen molar-refractivity contribution in [1.82, 2.24) is 4.57 Å². The van der Waals surface area contributed by atoms with Crippen molar-refractivity contribution >= 4 is 38.2 Å². The van der Waals surface area contributed by atoms with Crippen molar-refractivity contribution < 1.29 is 18.3 Å². The zero-order valence-corrected chi connectivity index (χ0v) is 16.2. The van der Waals surface area contributed by atoms with E-state index in [1.807, 2.05) is 41.8 Å². The Labute approximate surface area is 163 Å². The number of aromatic hydroxyl groups is 1. The van der Waals surface area contributed by atoms with Gasteiger partial charge in [0.05, 0.1) is 17.1 Å². The highest BCUT2D eigenvalue weighted by atomic mass is 32.2. The summed E-state index contributed by atoms with van der Waals surface area (Å²) in [5.41, 5.74) is 2.54. The summed E-state index contributed by atoms with van der Waals surface area (Å²) < 4.78 is 27.5. The van der Waals surface area contributed by atoms with Crippen LogP contribution in [-0.4, -0.2) is 36.3 Å². The highest BCUT2D eigenvalue weighted by molar-refractivity contribution is 7.93. The summed E-state index contributed by atoms with van der Waals surface area (Å²) in [6, 6.07) is 14.3. The number of phenolic OH excluding ortho intramolecular Hbond substituents is 1. The molecule has 1 fully saturated rings. The van der Waals surface area contributed by atoms with Gasteiger partial charge in [-0.15, -0.1) is 0 Å². The molecule has 0 aliphatic carbocycles. The van der Waals surface area contributed by atoms with Crippen molar-refractivity contribution in [3.63, 3.8) is 0 Å². The number of para-hydroxylation sites is 1. The number of aryl methyl sites for hydroxylation is 1. The third kappa shape index (κ3) is 3.31. The smallest absolute Gasteiger partial charge is 0.244 e. The molecule has 2 heterocycles. The van der Waals surface area contributed by atoms with Crippen molar-refractivity contribution in [3.05, 3.63) is 54.2 Å². The van der Waals surface area contributed by atoms with E-state index in [2.05, 4.69) is 5.32 Å². The highest BCUT2D eigenvalue weighted by Gasteiger charge is 2.29. The standard InChI is InChI=1S/C20H21N3O4S/c1-14-11-15-5-2-3-6-18(15)22(14)13-20(25)21-17-12-16(7-8-19(17)24)23-9-4-10-28(23,26)27/h2-3,5-8,11-12,24H,4,9-10,13H2,1H3,(H,21,25). The molecule has 4 rings (SSSR count). The monoisotopic (exact) mass is 399 g/mol. The van der Waals surface area contributed by atoms with Gasteiger partial charge in [0.25, 0.3) is 0 Å². The fourth-order valence-electron chi connectivity index (χ4n) is 3.60. The first-order valence-corrected chi connectivity index (χ1v) is 10.6. The topological polar surface area (TPSA) is 91.6 Å². The van der Waals surface area contributed by atoms with Gasteiger partial charge in [0, 0.05) is 17.8 Å². The number of hydrogen-bond donors (Lipinski definition) is 2. The molecule has 0 saturated carbocycles. The van der Waals surface area contributed by atoms with Crippen LogP contribution in [0.15, 0.2) is 48.5 Å². The number of fused-ring (bicyclic) bond motifs is 1. The first-order valence-electron chi connectivity index (χ1n) is 9.03. The Morgan fingerprint density at radius 3 is 2.71 bits per heavy atom. The predicted molar refractivity (Wildman–Crippen MR) is 109 cm³/mol. The van der Waals surface area contributed by atoms with E-state index < -0.39 is 10.0 Å². The Hall–Kier alpha value is -3.00. The van der Waals surface area contributed by atoms with E-state index >= 15 is 0 Å². The molecule has 1 amide bonds. The van der Waals surface area contributed by atoms with E-state index in [-0.39, 0.29) is 29.6 Å². The third-order valence-electron chi connectivity index (χ3n) is 4.96. The lowest BCUT2D eigenvalue weighted by Gasteiger charge is -2.18. The summed E-state index contributed by atoms with van der Waals surface area (Å²) in [6.45, 7) is 2.42. The maximum atomic E-state index is 12.6. The number of phenols is 1. The maximum Gasteiger partial charge on any atom is 0.244 e. The maximum absolute atomic E-state index is 12.6. The minimum Gasteiger partial charge on any atom is -0.506 e. The molecule has 1 aliphatic heterocycles. The minimum absolute atomic E-state index is 0.0883. The molecule has 3 aromatic rings. The highest BCUT2D eigenvalue weighted by Crippen LogP contribution is 2.32. The van der Waals surface area contributed by atoms with Crippen LogP contribution in [0.25, 0.3) is 10.9 Å². The van der Waals surface area contributed by atoms with Crippen LogP contribution in [0.1, 0.15) is 12.1 Å². The molecule has 1 aliphatic rings. The van der Waals surface area contributed by atoms with E-state index in [9.17, 15) is 18.3 Å². The number of hydrogen-bond acceptors (Lipinski definition) is 4. The number of rotatable bonds is 4. The second-order valence-electron chi connectivity index (χ2n) is 6.92. The van der Waals surface area contributed by atoms with Crippen LogP contribution < -0.4 is 9.62 Å². The van der Waals surface area contributed by atoms with Crippen LogP contribution >= 0.6 is 0 Å². The second kappa shape index (κ2) is 6.87. The second-order valence-corrected chi connectivity index (χ2v) is 8.93. The summed E-state index contributed by atoms with van der Waals surface area (Å²) in [5, 5.41) is 13.9. The molecule has 146 valence electrons. The SMILES string of the molecule is Cc1cc2ccccc2n1CC(=O)Nc1cc(N2CCCS2(=O)=O)ccc1O.